The molecule has 2 rings (SSSR count). The van der Waals surface area contributed by atoms with Crippen LogP contribution in [0.2, 0.25) is 0 Å². The lowest BCUT2D eigenvalue weighted by Crippen LogP contribution is -2.22. The first-order valence-corrected chi connectivity index (χ1v) is 7.03. The van der Waals surface area contributed by atoms with Crippen LogP contribution in [0.3, 0.4) is 0 Å². The zero-order valence-corrected chi connectivity index (χ0v) is 13.5. The van der Waals surface area contributed by atoms with Crippen molar-refractivity contribution >= 4 is 41.2 Å². The fourth-order valence-corrected chi connectivity index (χ4v) is 1.85. The predicted octanol–water partition coefficient (Wildman–Crippen LogP) is 1.41. The summed E-state index contributed by atoms with van der Waals surface area (Å²) < 4.78 is 0. The highest BCUT2D eigenvalue weighted by atomic mass is 16.2. The summed E-state index contributed by atoms with van der Waals surface area (Å²) >= 11 is 0. The normalized spacial score (nSPS) is 9.96. The van der Waals surface area contributed by atoms with E-state index < -0.39 is 6.03 Å². The van der Waals surface area contributed by atoms with Crippen molar-refractivity contribution in [3.8, 4) is 0 Å². The van der Waals surface area contributed by atoms with Gasteiger partial charge in [0.2, 0.25) is 23.8 Å². The van der Waals surface area contributed by atoms with Gasteiger partial charge in [0.05, 0.1) is 0 Å². The van der Waals surface area contributed by atoms with Crippen LogP contribution in [-0.4, -0.2) is 33.9 Å². The molecule has 0 unspecified atom stereocenters. The van der Waals surface area contributed by atoms with Gasteiger partial charge in [0.1, 0.15) is 0 Å². The summed E-state index contributed by atoms with van der Waals surface area (Å²) in [4.78, 5) is 34.9. The van der Waals surface area contributed by atoms with Gasteiger partial charge in [-0.25, -0.2) is 4.79 Å². The SMILES string of the molecule is CNc1nc(N)nc(NC(=O)Nc2cc(NC(C)=O)ccc2C)n1. The van der Waals surface area contributed by atoms with E-state index in [0.717, 1.165) is 5.56 Å². The van der Waals surface area contributed by atoms with Crippen LogP contribution < -0.4 is 27.0 Å². The molecule has 126 valence electrons. The van der Waals surface area contributed by atoms with E-state index in [9.17, 15) is 9.59 Å². The zero-order valence-electron chi connectivity index (χ0n) is 13.5. The van der Waals surface area contributed by atoms with Crippen LogP contribution >= 0.6 is 0 Å². The fraction of sp³-hybridized carbons (Fsp3) is 0.214. The lowest BCUT2D eigenvalue weighted by atomic mass is 10.2. The van der Waals surface area contributed by atoms with Crippen LogP contribution in [-0.2, 0) is 4.79 Å². The molecule has 1 aromatic heterocycles. The summed E-state index contributed by atoms with van der Waals surface area (Å²) in [6.07, 6.45) is 0. The van der Waals surface area contributed by atoms with Gasteiger partial charge in [-0.3, -0.25) is 10.1 Å². The number of nitrogens with two attached hydrogens (primary N) is 1. The molecule has 0 fully saturated rings. The van der Waals surface area contributed by atoms with Crippen molar-refractivity contribution < 1.29 is 9.59 Å². The van der Waals surface area contributed by atoms with Crippen molar-refractivity contribution in [2.75, 3.05) is 34.0 Å². The maximum Gasteiger partial charge on any atom is 0.326 e. The van der Waals surface area contributed by atoms with E-state index in [0.29, 0.717) is 11.4 Å². The molecule has 0 radical (unpaired) electrons. The third-order valence-corrected chi connectivity index (χ3v) is 2.91. The minimum absolute atomic E-state index is 0.0139. The number of aryl methyl sites for hydroxylation is 1. The molecular weight excluding hydrogens is 312 g/mol. The van der Waals surface area contributed by atoms with Crippen molar-refractivity contribution in [2.24, 2.45) is 0 Å². The van der Waals surface area contributed by atoms with Gasteiger partial charge < -0.3 is 21.7 Å². The molecule has 0 aliphatic rings. The van der Waals surface area contributed by atoms with Gasteiger partial charge in [-0.05, 0) is 24.6 Å². The van der Waals surface area contributed by atoms with E-state index in [2.05, 4.69) is 36.2 Å². The highest BCUT2D eigenvalue weighted by Crippen LogP contribution is 2.20. The zero-order chi connectivity index (χ0) is 17.7. The number of hydrogen-bond donors (Lipinski definition) is 5. The molecule has 0 saturated carbocycles. The second-order valence-corrected chi connectivity index (χ2v) is 4.88. The summed E-state index contributed by atoms with van der Waals surface area (Å²) in [6.45, 7) is 3.23. The number of rotatable bonds is 4. The van der Waals surface area contributed by atoms with Gasteiger partial charge in [-0.2, -0.15) is 15.0 Å². The van der Waals surface area contributed by atoms with Crippen LogP contribution in [0.5, 0.6) is 0 Å². The Kier molecular flexibility index (Phi) is 5.09. The Bertz CT molecular complexity index is 777. The molecule has 10 nitrogen and oxygen atoms in total. The summed E-state index contributed by atoms with van der Waals surface area (Å²) in [5, 5.41) is 10.5. The number of amides is 3. The van der Waals surface area contributed by atoms with E-state index in [1.807, 2.05) is 6.92 Å². The lowest BCUT2D eigenvalue weighted by Gasteiger charge is -2.11. The first-order valence-electron chi connectivity index (χ1n) is 7.03. The third-order valence-electron chi connectivity index (χ3n) is 2.91. The minimum atomic E-state index is -0.550. The molecule has 0 atom stereocenters. The number of carbonyl (C=O) groups is 2. The Morgan fingerprint density at radius 1 is 1.04 bits per heavy atom. The lowest BCUT2D eigenvalue weighted by molar-refractivity contribution is -0.114. The smallest absolute Gasteiger partial charge is 0.326 e. The first kappa shape index (κ1) is 16.9. The average Bonchev–Trinajstić information content (AvgIpc) is 2.49. The standard InChI is InChI=1S/C14H18N8O2/c1-7-4-5-9(17-8(2)23)6-10(7)18-14(24)22-13-20-11(15)19-12(16-3)21-13/h4-6H,1-3H3,(H,17,23)(H5,15,16,18,19,20,21,22,24). The molecule has 0 aliphatic carbocycles. The summed E-state index contributed by atoms with van der Waals surface area (Å²) in [5.74, 6) is 0.0321. The number of hydrogen-bond acceptors (Lipinski definition) is 7. The monoisotopic (exact) mass is 330 g/mol. The van der Waals surface area contributed by atoms with Gasteiger partial charge in [-0.1, -0.05) is 6.07 Å². The molecule has 0 saturated heterocycles. The first-order chi connectivity index (χ1) is 11.4. The molecule has 1 heterocycles. The third kappa shape index (κ3) is 4.53. The minimum Gasteiger partial charge on any atom is -0.368 e. The molecule has 3 amide bonds. The average molecular weight is 330 g/mol. The molecular formula is C14H18N8O2. The number of benzene rings is 1. The molecule has 2 aromatic rings. The van der Waals surface area contributed by atoms with E-state index in [1.54, 1.807) is 25.2 Å². The van der Waals surface area contributed by atoms with Crippen LogP contribution in [0.4, 0.5) is 34.0 Å². The second kappa shape index (κ2) is 7.22. The molecule has 0 spiro atoms. The molecule has 6 N–H and O–H groups in total. The van der Waals surface area contributed by atoms with Crippen molar-refractivity contribution in [3.63, 3.8) is 0 Å². The van der Waals surface area contributed by atoms with Gasteiger partial charge >= 0.3 is 6.03 Å². The Morgan fingerprint density at radius 3 is 2.42 bits per heavy atom. The van der Waals surface area contributed by atoms with Crippen LogP contribution in [0.25, 0.3) is 0 Å². The van der Waals surface area contributed by atoms with E-state index in [-0.39, 0.29) is 23.8 Å². The number of carbonyl (C=O) groups excluding carboxylic acids is 2. The molecule has 10 heteroatoms. The Morgan fingerprint density at radius 2 is 1.75 bits per heavy atom. The Balaban J connectivity index is 2.12. The van der Waals surface area contributed by atoms with Gasteiger partial charge in [0.25, 0.3) is 0 Å². The number of anilines is 5. The van der Waals surface area contributed by atoms with Crippen LogP contribution in [0.15, 0.2) is 18.2 Å². The number of urea groups is 1. The van der Waals surface area contributed by atoms with E-state index in [4.69, 9.17) is 5.73 Å². The van der Waals surface area contributed by atoms with Crippen molar-refractivity contribution in [3.05, 3.63) is 23.8 Å². The van der Waals surface area contributed by atoms with E-state index >= 15 is 0 Å². The fourth-order valence-electron chi connectivity index (χ4n) is 1.85. The number of nitrogen functional groups attached to an aromatic ring is 1. The van der Waals surface area contributed by atoms with Crippen molar-refractivity contribution in [2.45, 2.75) is 13.8 Å². The maximum atomic E-state index is 12.1. The van der Waals surface area contributed by atoms with E-state index in [1.165, 1.54) is 6.92 Å². The topological polar surface area (TPSA) is 147 Å². The quantitative estimate of drug-likeness (QED) is 0.569. The van der Waals surface area contributed by atoms with Gasteiger partial charge in [0, 0.05) is 25.3 Å². The number of aromatic nitrogens is 3. The van der Waals surface area contributed by atoms with Gasteiger partial charge in [0.15, 0.2) is 0 Å². The number of nitrogens with one attached hydrogen (secondary N) is 4. The van der Waals surface area contributed by atoms with Crippen molar-refractivity contribution in [1.29, 1.82) is 0 Å². The maximum absolute atomic E-state index is 12.1. The molecule has 24 heavy (non-hydrogen) atoms. The van der Waals surface area contributed by atoms with Crippen molar-refractivity contribution in [1.82, 2.24) is 15.0 Å². The molecule has 0 bridgehead atoms. The summed E-state index contributed by atoms with van der Waals surface area (Å²) in [6, 6.07) is 4.62. The second-order valence-electron chi connectivity index (χ2n) is 4.88. The Labute approximate surface area is 138 Å². The highest BCUT2D eigenvalue weighted by molar-refractivity contribution is 6.00. The highest BCUT2D eigenvalue weighted by Gasteiger charge is 2.10. The van der Waals surface area contributed by atoms with Crippen LogP contribution in [0, 0.1) is 6.92 Å². The summed E-state index contributed by atoms with van der Waals surface area (Å²) in [5.41, 5.74) is 7.47. The molecule has 0 aliphatic heterocycles. The molecule has 1 aromatic carbocycles. The predicted molar refractivity (Wildman–Crippen MR) is 91.9 cm³/mol. The summed E-state index contributed by atoms with van der Waals surface area (Å²) in [7, 11) is 1.62. The van der Waals surface area contributed by atoms with Crippen LogP contribution in [0.1, 0.15) is 12.5 Å². The van der Waals surface area contributed by atoms with Gasteiger partial charge in [-0.15, -0.1) is 0 Å². The largest absolute Gasteiger partial charge is 0.368 e. The Hall–Kier alpha value is -3.43. The number of nitrogens with zero attached hydrogens (tertiary/aromatic N) is 3.